The van der Waals surface area contributed by atoms with Crippen molar-refractivity contribution in [1.29, 1.82) is 0 Å². The molecule has 2 N–H and O–H groups in total. The van der Waals surface area contributed by atoms with E-state index in [-0.39, 0.29) is 16.8 Å². The van der Waals surface area contributed by atoms with Crippen LogP contribution in [0.15, 0.2) is 94.5 Å². The van der Waals surface area contributed by atoms with Crippen LogP contribution in [-0.2, 0) is 0 Å². The van der Waals surface area contributed by atoms with Gasteiger partial charge in [0.15, 0.2) is 10.9 Å². The maximum Gasteiger partial charge on any atom is 0.197 e. The third kappa shape index (κ3) is 2.91. The first kappa shape index (κ1) is 19.5. The van der Waals surface area contributed by atoms with Crippen LogP contribution >= 0.6 is 0 Å². The van der Waals surface area contributed by atoms with Crippen LogP contribution in [0.4, 0.5) is 0 Å². The average Bonchev–Trinajstić information content (AvgIpc) is 2.85. The molecule has 4 aromatic carbocycles. The quantitative estimate of drug-likeness (QED) is 0.328. The third-order valence-electron chi connectivity index (χ3n) is 6.69. The highest BCUT2D eigenvalue weighted by Crippen LogP contribution is 2.35. The largest absolute Gasteiger partial charge is 0.354 e. The average molecular weight is 431 g/mol. The van der Waals surface area contributed by atoms with Gasteiger partial charge in [-0.25, -0.2) is 0 Å². The first-order chi connectivity index (χ1) is 16.2. The van der Waals surface area contributed by atoms with Crippen molar-refractivity contribution in [2.24, 2.45) is 0 Å². The van der Waals surface area contributed by atoms with Crippen LogP contribution in [0.25, 0.3) is 43.6 Å². The van der Waals surface area contributed by atoms with Gasteiger partial charge in [0, 0.05) is 38.5 Å². The molecule has 0 aliphatic heterocycles. The molecule has 0 spiro atoms. The zero-order chi connectivity index (χ0) is 22.5. The van der Waals surface area contributed by atoms with Crippen molar-refractivity contribution >= 4 is 43.6 Å². The standard InChI is InChI=1S/C29H22N2O2/c1-2-17(18-11-7-15-24-26(18)28(32)20-9-3-5-13-22(20)30-24)19-12-8-16-25-27(19)29(33)21-10-4-6-14-23(21)31-25/h3-17H,2H2,1H3,(H,30,32)(H,31,33). The van der Waals surface area contributed by atoms with Gasteiger partial charge in [0.2, 0.25) is 0 Å². The number of fused-ring (bicyclic) bond motifs is 4. The third-order valence-corrected chi connectivity index (χ3v) is 6.69. The minimum atomic E-state index is -0.0954. The summed E-state index contributed by atoms with van der Waals surface area (Å²) in [5.74, 6) is -0.0954. The minimum absolute atomic E-state index is 0.0213. The Morgan fingerprint density at radius 2 is 1.00 bits per heavy atom. The molecule has 4 nitrogen and oxygen atoms in total. The van der Waals surface area contributed by atoms with Crippen molar-refractivity contribution in [2.75, 3.05) is 0 Å². The summed E-state index contributed by atoms with van der Waals surface area (Å²) in [7, 11) is 0. The van der Waals surface area contributed by atoms with Crippen LogP contribution in [0.1, 0.15) is 30.4 Å². The number of benzene rings is 4. The Morgan fingerprint density at radius 1 is 0.576 bits per heavy atom. The summed E-state index contributed by atoms with van der Waals surface area (Å²) >= 11 is 0. The van der Waals surface area contributed by atoms with Gasteiger partial charge in [-0.2, -0.15) is 0 Å². The fourth-order valence-corrected chi connectivity index (χ4v) is 5.18. The molecular weight excluding hydrogens is 408 g/mol. The van der Waals surface area contributed by atoms with Gasteiger partial charge in [0.05, 0.1) is 11.0 Å². The maximum absolute atomic E-state index is 13.6. The van der Waals surface area contributed by atoms with Gasteiger partial charge in [0.25, 0.3) is 0 Å². The number of aromatic amines is 2. The first-order valence-corrected chi connectivity index (χ1v) is 11.2. The molecule has 0 aliphatic carbocycles. The number of hydrogen-bond acceptors (Lipinski definition) is 2. The lowest BCUT2D eigenvalue weighted by molar-refractivity contribution is 0.789. The fourth-order valence-electron chi connectivity index (χ4n) is 5.18. The van der Waals surface area contributed by atoms with Crippen LogP contribution < -0.4 is 10.9 Å². The van der Waals surface area contributed by atoms with Crippen molar-refractivity contribution in [3.63, 3.8) is 0 Å². The Kier molecular flexibility index (Phi) is 4.40. The number of hydrogen-bond donors (Lipinski definition) is 2. The molecule has 6 aromatic rings. The topological polar surface area (TPSA) is 65.7 Å². The summed E-state index contributed by atoms with van der Waals surface area (Å²) in [5, 5.41) is 2.73. The Morgan fingerprint density at radius 3 is 1.45 bits per heavy atom. The molecule has 0 atom stereocenters. The van der Waals surface area contributed by atoms with Crippen molar-refractivity contribution in [2.45, 2.75) is 19.3 Å². The highest BCUT2D eigenvalue weighted by atomic mass is 16.1. The normalized spacial score (nSPS) is 11.8. The maximum atomic E-state index is 13.6. The number of para-hydroxylation sites is 2. The molecule has 0 radical (unpaired) electrons. The van der Waals surface area contributed by atoms with E-state index < -0.39 is 0 Å². The monoisotopic (exact) mass is 430 g/mol. The number of rotatable bonds is 3. The Labute approximate surface area is 189 Å². The number of H-pyrrole nitrogens is 2. The molecule has 4 heteroatoms. The minimum Gasteiger partial charge on any atom is -0.354 e. The highest BCUT2D eigenvalue weighted by Gasteiger charge is 2.21. The second-order valence-corrected chi connectivity index (χ2v) is 8.50. The van der Waals surface area contributed by atoms with Gasteiger partial charge >= 0.3 is 0 Å². The Hall–Kier alpha value is -4.18. The van der Waals surface area contributed by atoms with Gasteiger partial charge in [-0.05, 0) is 53.9 Å². The predicted octanol–water partition coefficient (Wildman–Crippen LogP) is 6.22. The van der Waals surface area contributed by atoms with Crippen LogP contribution in [-0.4, -0.2) is 9.97 Å². The van der Waals surface area contributed by atoms with E-state index in [4.69, 9.17) is 0 Å². The summed E-state index contributed by atoms with van der Waals surface area (Å²) < 4.78 is 0. The SMILES string of the molecule is CCC(c1cccc2[nH]c3ccccc3c(=O)c12)c1cccc2[nH]c3ccccc3c(=O)c12. The van der Waals surface area contributed by atoms with Crippen LogP contribution in [0.2, 0.25) is 0 Å². The molecule has 0 bridgehead atoms. The van der Waals surface area contributed by atoms with E-state index in [0.717, 1.165) is 39.6 Å². The summed E-state index contributed by atoms with van der Waals surface area (Å²) in [5.41, 5.74) is 5.22. The second kappa shape index (κ2) is 7.45. The zero-order valence-electron chi connectivity index (χ0n) is 18.2. The van der Waals surface area contributed by atoms with Crippen LogP contribution in [0.5, 0.6) is 0 Å². The molecule has 33 heavy (non-hydrogen) atoms. The fraction of sp³-hybridized carbons (Fsp3) is 0.103. The summed E-state index contributed by atoms with van der Waals surface area (Å²) in [6, 6.07) is 27.1. The molecule has 0 fully saturated rings. The predicted molar refractivity (Wildman–Crippen MR) is 136 cm³/mol. The second-order valence-electron chi connectivity index (χ2n) is 8.50. The highest BCUT2D eigenvalue weighted by molar-refractivity contribution is 5.97. The molecule has 2 aromatic heterocycles. The zero-order valence-corrected chi connectivity index (χ0v) is 18.2. The molecule has 2 heterocycles. The lowest BCUT2D eigenvalue weighted by atomic mass is 9.84. The van der Waals surface area contributed by atoms with Crippen molar-refractivity contribution < 1.29 is 0 Å². The molecule has 0 amide bonds. The molecule has 6 rings (SSSR count). The van der Waals surface area contributed by atoms with E-state index in [1.807, 2.05) is 84.9 Å². The van der Waals surface area contributed by atoms with Gasteiger partial charge in [-0.3, -0.25) is 9.59 Å². The van der Waals surface area contributed by atoms with E-state index >= 15 is 0 Å². The Bertz CT molecular complexity index is 1680. The van der Waals surface area contributed by atoms with Gasteiger partial charge in [-0.15, -0.1) is 0 Å². The number of nitrogens with one attached hydrogen (secondary N) is 2. The van der Waals surface area contributed by atoms with Crippen molar-refractivity contribution in [3.8, 4) is 0 Å². The van der Waals surface area contributed by atoms with E-state index in [1.165, 1.54) is 0 Å². The van der Waals surface area contributed by atoms with E-state index in [9.17, 15) is 9.59 Å². The molecule has 0 saturated carbocycles. The summed E-state index contributed by atoms with van der Waals surface area (Å²) in [6.07, 6.45) is 0.761. The molecule has 0 aliphatic rings. The van der Waals surface area contributed by atoms with E-state index in [0.29, 0.717) is 21.5 Å². The first-order valence-electron chi connectivity index (χ1n) is 11.2. The molecule has 0 saturated heterocycles. The Balaban J connectivity index is 1.70. The van der Waals surface area contributed by atoms with E-state index in [1.54, 1.807) is 0 Å². The van der Waals surface area contributed by atoms with Gasteiger partial charge in [0.1, 0.15) is 0 Å². The van der Waals surface area contributed by atoms with Gasteiger partial charge < -0.3 is 9.97 Å². The lowest BCUT2D eigenvalue weighted by Gasteiger charge is -2.20. The van der Waals surface area contributed by atoms with Crippen molar-refractivity contribution in [3.05, 3.63) is 117 Å². The van der Waals surface area contributed by atoms with Crippen LogP contribution in [0.3, 0.4) is 0 Å². The smallest absolute Gasteiger partial charge is 0.197 e. The van der Waals surface area contributed by atoms with E-state index in [2.05, 4.69) is 16.9 Å². The summed E-state index contributed by atoms with van der Waals surface area (Å²) in [4.78, 5) is 34.0. The number of pyridine rings is 2. The van der Waals surface area contributed by atoms with Crippen LogP contribution in [0, 0.1) is 0 Å². The number of aromatic nitrogens is 2. The summed E-state index contributed by atoms with van der Waals surface area (Å²) in [6.45, 7) is 2.10. The molecule has 0 unspecified atom stereocenters. The molecular formula is C29H22N2O2. The molecule has 160 valence electrons. The lowest BCUT2D eigenvalue weighted by Crippen LogP contribution is -2.13. The van der Waals surface area contributed by atoms with Crippen molar-refractivity contribution in [1.82, 2.24) is 9.97 Å². The van der Waals surface area contributed by atoms with Gasteiger partial charge in [-0.1, -0.05) is 55.5 Å².